The molecular weight excluding hydrogens is 280 g/mol. The molecule has 108 valence electrons. The molecule has 9 heteroatoms. The van der Waals surface area contributed by atoms with Gasteiger partial charge in [-0.2, -0.15) is 9.47 Å². The summed E-state index contributed by atoms with van der Waals surface area (Å²) in [6, 6.07) is 0. The summed E-state index contributed by atoms with van der Waals surface area (Å²) in [5, 5.41) is 6.85. The van der Waals surface area contributed by atoms with Gasteiger partial charge in [0.1, 0.15) is 18.7 Å². The van der Waals surface area contributed by atoms with Crippen LogP contribution >= 0.6 is 11.5 Å². The van der Waals surface area contributed by atoms with Gasteiger partial charge in [0.25, 0.3) is 0 Å². The third-order valence-corrected chi connectivity index (χ3v) is 3.15. The first kappa shape index (κ1) is 14.4. The first-order chi connectivity index (χ1) is 9.27. The van der Waals surface area contributed by atoms with E-state index in [1.54, 1.807) is 7.05 Å². The molecule has 0 aliphatic rings. The van der Waals surface area contributed by atoms with Crippen LogP contribution in [0.25, 0.3) is 0 Å². The van der Waals surface area contributed by atoms with Gasteiger partial charge in [-0.05, 0) is 0 Å². The smallest absolute Gasteiger partial charge is 0.299 e. The quantitative estimate of drug-likeness (QED) is 0.883. The monoisotopic (exact) mass is 296 g/mol. The Labute approximate surface area is 119 Å². The van der Waals surface area contributed by atoms with Crippen molar-refractivity contribution in [1.82, 2.24) is 23.7 Å². The maximum Gasteiger partial charge on any atom is 0.345 e. The molecule has 2 rings (SSSR count). The molecule has 2 aromatic heterocycles. The molecule has 20 heavy (non-hydrogen) atoms. The zero-order valence-electron chi connectivity index (χ0n) is 11.7. The van der Waals surface area contributed by atoms with E-state index in [1.807, 2.05) is 20.8 Å². The largest absolute Gasteiger partial charge is 0.345 e. The van der Waals surface area contributed by atoms with E-state index in [4.69, 9.17) is 0 Å². The number of anilines is 1. The van der Waals surface area contributed by atoms with Gasteiger partial charge in [-0.15, -0.1) is 0 Å². The molecule has 0 aromatic carbocycles. The van der Waals surface area contributed by atoms with Crippen LogP contribution in [0, 0.1) is 0 Å². The minimum Gasteiger partial charge on any atom is -0.299 e. The third kappa shape index (κ3) is 3.10. The van der Waals surface area contributed by atoms with Gasteiger partial charge in [-0.3, -0.25) is 14.7 Å². The average Bonchev–Trinajstić information content (AvgIpc) is 2.91. The number of rotatable bonds is 3. The normalized spacial score (nSPS) is 11.6. The fraction of sp³-hybridized carbons (Fsp3) is 0.545. The predicted octanol–water partition coefficient (Wildman–Crippen LogP) is 0.369. The van der Waals surface area contributed by atoms with Crippen LogP contribution in [0.3, 0.4) is 0 Å². The fourth-order valence-electron chi connectivity index (χ4n) is 1.40. The van der Waals surface area contributed by atoms with E-state index in [0.717, 1.165) is 16.2 Å². The molecule has 0 fully saturated rings. The fourth-order valence-corrected chi connectivity index (χ4v) is 2.18. The highest BCUT2D eigenvalue weighted by Crippen LogP contribution is 2.22. The number of carbonyl (C=O) groups excluding carboxylic acids is 1. The number of carbonyl (C=O) groups is 1. The molecule has 0 spiro atoms. The summed E-state index contributed by atoms with van der Waals surface area (Å²) < 4.78 is 6.58. The van der Waals surface area contributed by atoms with E-state index < -0.39 is 0 Å². The minimum atomic E-state index is -0.359. The van der Waals surface area contributed by atoms with Crippen molar-refractivity contribution in [2.75, 3.05) is 5.32 Å². The van der Waals surface area contributed by atoms with Crippen LogP contribution in [-0.2, 0) is 23.8 Å². The first-order valence-electron chi connectivity index (χ1n) is 6.00. The number of nitrogens with zero attached hydrogens (tertiary/aromatic N) is 5. The zero-order chi connectivity index (χ0) is 14.9. The molecule has 0 saturated carbocycles. The molecule has 1 N–H and O–H groups in total. The lowest BCUT2D eigenvalue weighted by Gasteiger charge is -2.12. The first-order valence-corrected chi connectivity index (χ1v) is 6.77. The summed E-state index contributed by atoms with van der Waals surface area (Å²) >= 11 is 1.12. The van der Waals surface area contributed by atoms with Gasteiger partial charge in [0.15, 0.2) is 0 Å². The molecule has 0 atom stereocenters. The number of aromatic nitrogens is 5. The second-order valence-corrected chi connectivity index (χ2v) is 6.16. The lowest BCUT2D eigenvalue weighted by molar-refractivity contribution is -0.117. The highest BCUT2D eigenvalue weighted by molar-refractivity contribution is 7.09. The lowest BCUT2D eigenvalue weighted by Crippen LogP contribution is -2.29. The number of aryl methyl sites for hydroxylation is 1. The average molecular weight is 296 g/mol. The second kappa shape index (κ2) is 5.16. The van der Waals surface area contributed by atoms with Crippen molar-refractivity contribution in [2.45, 2.75) is 32.7 Å². The third-order valence-electron chi connectivity index (χ3n) is 2.52. The number of hydrogen-bond donors (Lipinski definition) is 1. The molecule has 0 aliphatic carbocycles. The molecule has 0 aliphatic heterocycles. The number of hydrogen-bond acceptors (Lipinski definition) is 6. The summed E-state index contributed by atoms with van der Waals surface area (Å²) in [6.07, 6.45) is 1.36. The summed E-state index contributed by atoms with van der Waals surface area (Å²) in [5.74, 6) is 0.315. The molecule has 0 unspecified atom stereocenters. The van der Waals surface area contributed by atoms with Gasteiger partial charge in [0, 0.05) is 24.0 Å². The lowest BCUT2D eigenvalue weighted by atomic mass is 9.96. The van der Waals surface area contributed by atoms with Crippen molar-refractivity contribution in [3.63, 3.8) is 0 Å². The molecule has 1 amide bonds. The van der Waals surface area contributed by atoms with Crippen LogP contribution in [0.15, 0.2) is 11.1 Å². The summed E-state index contributed by atoms with van der Waals surface area (Å²) in [5.41, 5.74) is -0.509. The number of amides is 1. The Morgan fingerprint density at radius 3 is 2.65 bits per heavy atom. The topological polar surface area (TPSA) is 94.7 Å². The summed E-state index contributed by atoms with van der Waals surface area (Å²) in [6.45, 7) is 5.83. The van der Waals surface area contributed by atoms with Crippen molar-refractivity contribution in [3.05, 3.63) is 22.6 Å². The predicted molar refractivity (Wildman–Crippen MR) is 74.7 cm³/mol. The van der Waals surface area contributed by atoms with E-state index in [0.29, 0.717) is 11.0 Å². The highest BCUT2D eigenvalue weighted by Gasteiger charge is 2.20. The zero-order valence-corrected chi connectivity index (χ0v) is 12.6. The Bertz CT molecular complexity index is 678. The van der Waals surface area contributed by atoms with E-state index in [9.17, 15) is 9.59 Å². The molecule has 0 saturated heterocycles. The standard InChI is InChI=1S/C11H16N6O2S/c1-11(2,3)8-14-9(20-15-8)13-7(18)5-17-10(19)16(4)6-12-17/h6H,5H2,1-4H3,(H,13,14,15,18). The number of nitrogens with one attached hydrogen (secondary N) is 1. The van der Waals surface area contributed by atoms with Crippen molar-refractivity contribution >= 4 is 22.6 Å². The van der Waals surface area contributed by atoms with Crippen LogP contribution in [0.1, 0.15) is 26.6 Å². The van der Waals surface area contributed by atoms with E-state index in [2.05, 4.69) is 19.8 Å². The van der Waals surface area contributed by atoms with E-state index in [1.165, 1.54) is 10.9 Å². The van der Waals surface area contributed by atoms with Gasteiger partial charge < -0.3 is 0 Å². The maximum atomic E-state index is 11.8. The molecule has 2 heterocycles. The Balaban J connectivity index is 2.03. The molecule has 8 nitrogen and oxygen atoms in total. The van der Waals surface area contributed by atoms with Gasteiger partial charge >= 0.3 is 5.69 Å². The summed E-state index contributed by atoms with van der Waals surface area (Å²) in [7, 11) is 1.57. The Morgan fingerprint density at radius 2 is 2.15 bits per heavy atom. The molecule has 0 bridgehead atoms. The van der Waals surface area contributed by atoms with Gasteiger partial charge in [0.2, 0.25) is 11.0 Å². The maximum absolute atomic E-state index is 11.8. The van der Waals surface area contributed by atoms with Gasteiger partial charge in [-0.1, -0.05) is 20.8 Å². The Kier molecular flexibility index (Phi) is 3.71. The van der Waals surface area contributed by atoms with Crippen LogP contribution in [-0.4, -0.2) is 29.6 Å². The van der Waals surface area contributed by atoms with Crippen LogP contribution < -0.4 is 11.0 Å². The minimum absolute atomic E-state index is 0.149. The van der Waals surface area contributed by atoms with E-state index >= 15 is 0 Å². The van der Waals surface area contributed by atoms with Crippen LogP contribution in [0.4, 0.5) is 5.13 Å². The Morgan fingerprint density at radius 1 is 1.45 bits per heavy atom. The van der Waals surface area contributed by atoms with Crippen LogP contribution in [0.2, 0.25) is 0 Å². The van der Waals surface area contributed by atoms with Crippen molar-refractivity contribution in [3.8, 4) is 0 Å². The van der Waals surface area contributed by atoms with Crippen molar-refractivity contribution in [1.29, 1.82) is 0 Å². The SMILES string of the molecule is Cn1cnn(CC(=O)Nc2nc(C(C)(C)C)ns2)c1=O. The second-order valence-electron chi connectivity index (χ2n) is 5.40. The molecule has 0 radical (unpaired) electrons. The van der Waals surface area contributed by atoms with Crippen LogP contribution in [0.5, 0.6) is 0 Å². The Hall–Kier alpha value is -2.03. The highest BCUT2D eigenvalue weighted by atomic mass is 32.1. The molecular formula is C11H16N6O2S. The summed E-state index contributed by atoms with van der Waals surface area (Å²) in [4.78, 5) is 27.6. The van der Waals surface area contributed by atoms with Gasteiger partial charge in [0.05, 0.1) is 0 Å². The van der Waals surface area contributed by atoms with Crippen molar-refractivity contribution < 1.29 is 4.79 Å². The van der Waals surface area contributed by atoms with E-state index in [-0.39, 0.29) is 23.6 Å². The molecule has 2 aromatic rings. The van der Waals surface area contributed by atoms with Gasteiger partial charge in [-0.25, -0.2) is 14.5 Å². The van der Waals surface area contributed by atoms with Crippen molar-refractivity contribution in [2.24, 2.45) is 7.05 Å².